The highest BCUT2D eigenvalue weighted by Gasteiger charge is 2.13. The molecular formula is C20H20N2O3S2. The van der Waals surface area contributed by atoms with Crippen LogP contribution < -0.4 is 0 Å². The number of aromatic nitrogens is 1. The molecule has 2 aromatic carbocycles. The van der Waals surface area contributed by atoms with E-state index in [1.807, 2.05) is 54.6 Å². The summed E-state index contributed by atoms with van der Waals surface area (Å²) < 4.78 is 7.17. The molecule has 0 radical (unpaired) electrons. The molecule has 0 aliphatic rings. The van der Waals surface area contributed by atoms with Crippen molar-refractivity contribution in [3.05, 3.63) is 60.2 Å². The van der Waals surface area contributed by atoms with E-state index in [9.17, 15) is 9.59 Å². The summed E-state index contributed by atoms with van der Waals surface area (Å²) in [7, 11) is 1.70. The highest BCUT2D eigenvalue weighted by molar-refractivity contribution is 8.01. The van der Waals surface area contributed by atoms with Gasteiger partial charge in [-0.1, -0.05) is 54.2 Å². The Bertz CT molecular complexity index is 879. The van der Waals surface area contributed by atoms with E-state index in [0.717, 1.165) is 20.1 Å². The van der Waals surface area contributed by atoms with Crippen molar-refractivity contribution in [2.75, 3.05) is 19.4 Å². The summed E-state index contributed by atoms with van der Waals surface area (Å²) in [6.07, 6.45) is 0.246. The number of carbonyl (C=O) groups is 2. The van der Waals surface area contributed by atoms with Crippen LogP contribution in [0.4, 0.5) is 0 Å². The van der Waals surface area contributed by atoms with Gasteiger partial charge in [0.2, 0.25) is 0 Å². The van der Waals surface area contributed by atoms with Gasteiger partial charge in [-0.15, -0.1) is 11.3 Å². The van der Waals surface area contributed by atoms with E-state index >= 15 is 0 Å². The second-order valence-electron chi connectivity index (χ2n) is 5.94. The van der Waals surface area contributed by atoms with Gasteiger partial charge in [-0.2, -0.15) is 0 Å². The number of para-hydroxylation sites is 1. The number of ether oxygens (including phenoxy) is 1. The fourth-order valence-electron chi connectivity index (χ4n) is 2.40. The largest absolute Gasteiger partial charge is 0.456 e. The van der Waals surface area contributed by atoms with Crippen molar-refractivity contribution < 1.29 is 14.3 Å². The van der Waals surface area contributed by atoms with Crippen molar-refractivity contribution >= 4 is 45.2 Å². The molecule has 3 aromatic rings. The minimum Gasteiger partial charge on any atom is -0.456 e. The van der Waals surface area contributed by atoms with Gasteiger partial charge in [0.1, 0.15) is 0 Å². The van der Waals surface area contributed by atoms with Gasteiger partial charge in [0.15, 0.2) is 10.9 Å². The standard InChI is InChI=1S/C20H20N2O3S2/c1-22(13-15-7-3-2-4-8-15)18(23)14-25-19(24)11-12-26-20-21-16-9-5-6-10-17(16)27-20/h2-10H,11-14H2,1H3. The Balaban J connectivity index is 1.37. The number of thioether (sulfide) groups is 1. The first-order valence-corrected chi connectivity index (χ1v) is 10.3. The van der Waals surface area contributed by atoms with E-state index in [0.29, 0.717) is 12.3 Å². The van der Waals surface area contributed by atoms with Crippen LogP contribution in [0.15, 0.2) is 58.9 Å². The number of rotatable bonds is 8. The lowest BCUT2D eigenvalue weighted by atomic mass is 10.2. The Kier molecular flexibility index (Phi) is 6.84. The van der Waals surface area contributed by atoms with Crippen LogP contribution >= 0.6 is 23.1 Å². The van der Waals surface area contributed by atoms with Crippen LogP contribution in [-0.2, 0) is 20.9 Å². The Hall–Kier alpha value is -2.38. The summed E-state index contributed by atoms with van der Waals surface area (Å²) in [5.41, 5.74) is 2.01. The Morgan fingerprint density at radius 3 is 2.63 bits per heavy atom. The van der Waals surface area contributed by atoms with Crippen LogP contribution in [0.25, 0.3) is 10.2 Å². The van der Waals surface area contributed by atoms with E-state index < -0.39 is 0 Å². The average Bonchev–Trinajstić information content (AvgIpc) is 3.09. The van der Waals surface area contributed by atoms with Crippen molar-refractivity contribution in [2.45, 2.75) is 17.3 Å². The van der Waals surface area contributed by atoms with E-state index in [4.69, 9.17) is 4.74 Å². The number of likely N-dealkylation sites (N-methyl/N-ethyl adjacent to an activating group) is 1. The normalized spacial score (nSPS) is 10.7. The van der Waals surface area contributed by atoms with E-state index in [-0.39, 0.29) is 24.9 Å². The Morgan fingerprint density at radius 2 is 1.85 bits per heavy atom. The Morgan fingerprint density at radius 1 is 1.11 bits per heavy atom. The first-order chi connectivity index (χ1) is 13.1. The van der Waals surface area contributed by atoms with Crippen molar-refractivity contribution in [3.8, 4) is 0 Å². The minimum absolute atomic E-state index is 0.217. The quantitative estimate of drug-likeness (QED) is 0.423. The molecule has 0 unspecified atom stereocenters. The average molecular weight is 401 g/mol. The molecule has 1 amide bonds. The van der Waals surface area contributed by atoms with Crippen LogP contribution in [0.2, 0.25) is 0 Å². The zero-order valence-electron chi connectivity index (χ0n) is 15.0. The first kappa shape index (κ1) is 19.4. The number of carbonyl (C=O) groups excluding carboxylic acids is 2. The highest BCUT2D eigenvalue weighted by Crippen LogP contribution is 2.29. The third-order valence-corrected chi connectivity index (χ3v) is 6.03. The number of amides is 1. The van der Waals surface area contributed by atoms with Gasteiger partial charge in [-0.3, -0.25) is 9.59 Å². The summed E-state index contributed by atoms with van der Waals surface area (Å²) in [4.78, 5) is 30.0. The maximum Gasteiger partial charge on any atom is 0.307 e. The monoisotopic (exact) mass is 400 g/mol. The lowest BCUT2D eigenvalue weighted by Gasteiger charge is -2.17. The summed E-state index contributed by atoms with van der Waals surface area (Å²) >= 11 is 3.14. The number of nitrogens with zero attached hydrogens (tertiary/aromatic N) is 2. The van der Waals surface area contributed by atoms with Gasteiger partial charge in [0.25, 0.3) is 5.91 Å². The molecule has 0 bridgehead atoms. The van der Waals surface area contributed by atoms with Gasteiger partial charge in [-0.05, 0) is 17.7 Å². The fraction of sp³-hybridized carbons (Fsp3) is 0.250. The van der Waals surface area contributed by atoms with Crippen molar-refractivity contribution in [1.29, 1.82) is 0 Å². The summed E-state index contributed by atoms with van der Waals surface area (Å²) in [6, 6.07) is 17.6. The third-order valence-electron chi connectivity index (χ3n) is 3.85. The molecule has 0 saturated heterocycles. The van der Waals surface area contributed by atoms with Crippen molar-refractivity contribution in [3.63, 3.8) is 0 Å². The third kappa shape index (κ3) is 5.80. The van der Waals surface area contributed by atoms with E-state index in [1.165, 1.54) is 11.8 Å². The van der Waals surface area contributed by atoms with E-state index in [2.05, 4.69) is 4.98 Å². The molecule has 5 nitrogen and oxygen atoms in total. The van der Waals surface area contributed by atoms with Crippen LogP contribution in [0.5, 0.6) is 0 Å². The molecule has 0 atom stereocenters. The van der Waals surface area contributed by atoms with Gasteiger partial charge >= 0.3 is 5.97 Å². The lowest BCUT2D eigenvalue weighted by Crippen LogP contribution is -2.30. The minimum atomic E-state index is -0.370. The smallest absolute Gasteiger partial charge is 0.307 e. The molecular weight excluding hydrogens is 380 g/mol. The zero-order chi connectivity index (χ0) is 19.1. The number of esters is 1. The van der Waals surface area contributed by atoms with Crippen molar-refractivity contribution in [2.24, 2.45) is 0 Å². The molecule has 140 valence electrons. The van der Waals surface area contributed by atoms with E-state index in [1.54, 1.807) is 23.3 Å². The fourth-order valence-corrected chi connectivity index (χ4v) is 4.46. The van der Waals surface area contributed by atoms with Crippen molar-refractivity contribution in [1.82, 2.24) is 9.88 Å². The van der Waals surface area contributed by atoms with Gasteiger partial charge < -0.3 is 9.64 Å². The maximum atomic E-state index is 12.1. The molecule has 1 aromatic heterocycles. The molecule has 0 fully saturated rings. The second-order valence-corrected chi connectivity index (χ2v) is 8.31. The molecule has 0 N–H and O–H groups in total. The predicted molar refractivity (Wildman–Crippen MR) is 109 cm³/mol. The second kappa shape index (κ2) is 9.53. The van der Waals surface area contributed by atoms with Crippen LogP contribution in [0.3, 0.4) is 0 Å². The van der Waals surface area contributed by atoms with Gasteiger partial charge in [0.05, 0.1) is 16.6 Å². The molecule has 1 heterocycles. The maximum absolute atomic E-state index is 12.1. The number of benzene rings is 2. The SMILES string of the molecule is CN(Cc1ccccc1)C(=O)COC(=O)CCSc1nc2ccccc2s1. The van der Waals surface area contributed by atoms with Crippen LogP contribution in [0, 0.1) is 0 Å². The number of hydrogen-bond donors (Lipinski definition) is 0. The summed E-state index contributed by atoms with van der Waals surface area (Å²) in [5.74, 6) is -0.0109. The highest BCUT2D eigenvalue weighted by atomic mass is 32.2. The van der Waals surface area contributed by atoms with Gasteiger partial charge in [0, 0.05) is 19.3 Å². The molecule has 0 aliphatic heterocycles. The number of fused-ring (bicyclic) bond motifs is 1. The molecule has 7 heteroatoms. The Labute approximate surface area is 166 Å². The molecule has 27 heavy (non-hydrogen) atoms. The van der Waals surface area contributed by atoms with Crippen LogP contribution in [0.1, 0.15) is 12.0 Å². The molecule has 0 spiro atoms. The molecule has 0 saturated carbocycles. The number of thiazole rings is 1. The lowest BCUT2D eigenvalue weighted by molar-refractivity contribution is -0.151. The topological polar surface area (TPSA) is 59.5 Å². The van der Waals surface area contributed by atoms with Crippen LogP contribution in [-0.4, -0.2) is 41.2 Å². The summed E-state index contributed by atoms with van der Waals surface area (Å²) in [5, 5.41) is 0. The predicted octanol–water partition coefficient (Wildman–Crippen LogP) is 3.98. The molecule has 0 aliphatic carbocycles. The summed E-state index contributed by atoms with van der Waals surface area (Å²) in [6.45, 7) is 0.263. The first-order valence-electron chi connectivity index (χ1n) is 8.54. The van der Waals surface area contributed by atoms with Gasteiger partial charge in [-0.25, -0.2) is 4.98 Å². The zero-order valence-corrected chi connectivity index (χ0v) is 16.6. The number of hydrogen-bond acceptors (Lipinski definition) is 6. The molecule has 3 rings (SSSR count).